The van der Waals surface area contributed by atoms with E-state index in [0.717, 1.165) is 0 Å². The molecule has 0 atom stereocenters. The number of oxime groups is 1. The van der Waals surface area contributed by atoms with Crippen molar-refractivity contribution in [1.82, 2.24) is 0 Å². The fourth-order valence-electron chi connectivity index (χ4n) is 0.324. The molecule has 2 N–H and O–H groups in total. The molecule has 13 heavy (non-hydrogen) atoms. The fourth-order valence-corrected chi connectivity index (χ4v) is 0.324. The molecule has 0 heterocycles. The normalized spacial score (nSPS) is 7.69. The standard InChI is InChI=1S/C6H7NO5.Ag/c1-2-3-12-7-4(5(8)9)6(10)11;/h2H,1,3H2,(H,8,9)(H,10,11);. The van der Waals surface area contributed by atoms with E-state index in [1.165, 1.54) is 6.08 Å². The quantitative estimate of drug-likeness (QED) is 0.180. The molecular weight excluding hydrogens is 274 g/mol. The molecule has 0 aromatic rings. The summed E-state index contributed by atoms with van der Waals surface area (Å²) in [4.78, 5) is 24.5. The molecule has 0 amide bonds. The molecule has 0 fully saturated rings. The van der Waals surface area contributed by atoms with Gasteiger partial charge in [-0.25, -0.2) is 9.59 Å². The molecule has 1 radical (unpaired) electrons. The third-order valence-corrected chi connectivity index (χ3v) is 0.753. The predicted octanol–water partition coefficient (Wildman–Crippen LogP) is -0.288. The van der Waals surface area contributed by atoms with Crippen LogP contribution < -0.4 is 0 Å². The monoisotopic (exact) mass is 280 g/mol. The van der Waals surface area contributed by atoms with Crippen LogP contribution in [0.4, 0.5) is 0 Å². The molecule has 0 aliphatic carbocycles. The van der Waals surface area contributed by atoms with Crippen LogP contribution in [0.25, 0.3) is 0 Å². The maximum absolute atomic E-state index is 10.1. The van der Waals surface area contributed by atoms with E-state index in [-0.39, 0.29) is 29.0 Å². The van der Waals surface area contributed by atoms with Gasteiger partial charge in [-0.3, -0.25) is 0 Å². The zero-order chi connectivity index (χ0) is 9.56. The van der Waals surface area contributed by atoms with Crippen LogP contribution in [0.3, 0.4) is 0 Å². The van der Waals surface area contributed by atoms with Gasteiger partial charge in [0, 0.05) is 22.4 Å². The molecule has 0 bridgehead atoms. The van der Waals surface area contributed by atoms with E-state index in [0.29, 0.717) is 0 Å². The molecule has 0 saturated carbocycles. The number of aliphatic carboxylic acids is 2. The summed E-state index contributed by atoms with van der Waals surface area (Å²) in [7, 11) is 0. The summed E-state index contributed by atoms with van der Waals surface area (Å²) in [6.07, 6.45) is 1.31. The van der Waals surface area contributed by atoms with Crippen molar-refractivity contribution in [3.63, 3.8) is 0 Å². The Morgan fingerprint density at radius 3 is 2.15 bits per heavy atom. The maximum Gasteiger partial charge on any atom is 0.365 e. The molecule has 0 unspecified atom stereocenters. The Labute approximate surface area is 89.4 Å². The number of rotatable bonds is 5. The number of nitrogens with zero attached hydrogens (tertiary/aromatic N) is 1. The van der Waals surface area contributed by atoms with Gasteiger partial charge in [-0.15, -0.1) is 0 Å². The average molecular weight is 281 g/mol. The van der Waals surface area contributed by atoms with Crippen molar-refractivity contribution in [1.29, 1.82) is 0 Å². The molecule has 0 aliphatic rings. The van der Waals surface area contributed by atoms with Crippen molar-refractivity contribution in [3.05, 3.63) is 12.7 Å². The molecule has 6 nitrogen and oxygen atoms in total. The molecule has 0 aliphatic heterocycles. The van der Waals surface area contributed by atoms with Crippen LogP contribution in [0.2, 0.25) is 0 Å². The molecule has 0 aromatic carbocycles. The summed E-state index contributed by atoms with van der Waals surface area (Å²) in [5, 5.41) is 19.3. The molecular formula is C6H7AgNO5. The van der Waals surface area contributed by atoms with Gasteiger partial charge in [0.25, 0.3) is 5.71 Å². The summed E-state index contributed by atoms with van der Waals surface area (Å²) in [6, 6.07) is 0. The number of hydrogen-bond acceptors (Lipinski definition) is 4. The van der Waals surface area contributed by atoms with Crippen molar-refractivity contribution < 1.29 is 47.0 Å². The van der Waals surface area contributed by atoms with E-state index >= 15 is 0 Å². The van der Waals surface area contributed by atoms with Gasteiger partial charge in [0.05, 0.1) is 0 Å². The topological polar surface area (TPSA) is 96.2 Å². The minimum Gasteiger partial charge on any atom is -0.476 e. The Bertz CT molecular complexity index is 221. The van der Waals surface area contributed by atoms with Gasteiger partial charge in [0.2, 0.25) is 0 Å². The van der Waals surface area contributed by atoms with E-state index in [9.17, 15) is 9.59 Å². The maximum atomic E-state index is 10.1. The van der Waals surface area contributed by atoms with Crippen LogP contribution >= 0.6 is 0 Å². The van der Waals surface area contributed by atoms with E-state index in [1.807, 2.05) is 0 Å². The Kier molecular flexibility index (Phi) is 8.36. The van der Waals surface area contributed by atoms with Gasteiger partial charge >= 0.3 is 11.9 Å². The summed E-state index contributed by atoms with van der Waals surface area (Å²) in [6.45, 7) is 3.22. The zero-order valence-electron chi connectivity index (χ0n) is 6.36. The van der Waals surface area contributed by atoms with Crippen LogP contribution in [0.1, 0.15) is 0 Å². The summed E-state index contributed by atoms with van der Waals surface area (Å²) >= 11 is 0. The van der Waals surface area contributed by atoms with Gasteiger partial charge in [0.15, 0.2) is 0 Å². The Morgan fingerprint density at radius 2 is 1.85 bits per heavy atom. The average Bonchev–Trinajstić information content (AvgIpc) is 1.96. The van der Waals surface area contributed by atoms with E-state index in [4.69, 9.17) is 10.2 Å². The first-order valence-corrected chi connectivity index (χ1v) is 2.87. The minimum atomic E-state index is -1.65. The SMILES string of the molecule is C=CCON=C(C(=O)O)C(=O)O.[Ag]. The number of carbonyl (C=O) groups is 2. The molecule has 77 valence electrons. The zero-order valence-corrected chi connectivity index (χ0v) is 7.84. The van der Waals surface area contributed by atoms with Crippen LogP contribution in [-0.4, -0.2) is 34.5 Å². The predicted molar refractivity (Wildman–Crippen MR) is 38.9 cm³/mol. The molecule has 0 aromatic heterocycles. The summed E-state index contributed by atoms with van der Waals surface area (Å²) < 4.78 is 0. The first-order chi connectivity index (χ1) is 5.59. The van der Waals surface area contributed by atoms with Crippen molar-refractivity contribution >= 4 is 17.7 Å². The molecule has 0 spiro atoms. The van der Waals surface area contributed by atoms with Gasteiger partial charge in [-0.2, -0.15) is 0 Å². The van der Waals surface area contributed by atoms with Crippen LogP contribution in [-0.2, 0) is 36.8 Å². The second-order valence-electron chi connectivity index (χ2n) is 1.63. The summed E-state index contributed by atoms with van der Waals surface area (Å²) in [5.74, 6) is -3.29. The molecule has 0 saturated heterocycles. The minimum absolute atomic E-state index is 0. The van der Waals surface area contributed by atoms with E-state index < -0.39 is 17.7 Å². The Balaban J connectivity index is 0. The van der Waals surface area contributed by atoms with Gasteiger partial charge in [-0.1, -0.05) is 17.8 Å². The Morgan fingerprint density at radius 1 is 1.38 bits per heavy atom. The van der Waals surface area contributed by atoms with Gasteiger partial charge in [-0.05, 0) is 0 Å². The first kappa shape index (κ1) is 14.4. The van der Waals surface area contributed by atoms with E-state index in [1.54, 1.807) is 0 Å². The van der Waals surface area contributed by atoms with Crippen LogP contribution in [0, 0.1) is 0 Å². The number of carboxylic acid groups (broad SMARTS) is 2. The second-order valence-corrected chi connectivity index (χ2v) is 1.63. The molecule has 0 rings (SSSR count). The van der Waals surface area contributed by atoms with Gasteiger partial charge < -0.3 is 15.1 Å². The van der Waals surface area contributed by atoms with Crippen LogP contribution in [0.5, 0.6) is 0 Å². The Hall–Kier alpha value is -1.11. The third-order valence-electron chi connectivity index (χ3n) is 0.753. The third kappa shape index (κ3) is 6.09. The van der Waals surface area contributed by atoms with Crippen molar-refractivity contribution in [2.24, 2.45) is 5.16 Å². The van der Waals surface area contributed by atoms with E-state index in [2.05, 4.69) is 16.6 Å². The van der Waals surface area contributed by atoms with Crippen molar-refractivity contribution in [2.45, 2.75) is 0 Å². The first-order valence-electron chi connectivity index (χ1n) is 2.87. The largest absolute Gasteiger partial charge is 0.476 e. The van der Waals surface area contributed by atoms with Crippen molar-refractivity contribution in [2.75, 3.05) is 6.61 Å². The van der Waals surface area contributed by atoms with Gasteiger partial charge in [0.1, 0.15) is 6.61 Å². The van der Waals surface area contributed by atoms with Crippen molar-refractivity contribution in [3.8, 4) is 0 Å². The number of carboxylic acids is 2. The second kappa shape index (κ2) is 7.53. The molecule has 7 heteroatoms. The number of hydrogen-bond donors (Lipinski definition) is 2. The fraction of sp³-hybridized carbons (Fsp3) is 0.167. The smallest absolute Gasteiger partial charge is 0.365 e. The summed E-state index contributed by atoms with van der Waals surface area (Å²) in [5.41, 5.74) is -1.06. The van der Waals surface area contributed by atoms with Crippen LogP contribution in [0.15, 0.2) is 17.8 Å².